The second kappa shape index (κ2) is 10.1. The highest BCUT2D eigenvalue weighted by Gasteiger charge is 2.18. The minimum absolute atomic E-state index is 0.647. The molecule has 0 saturated carbocycles. The predicted octanol–water partition coefficient (Wildman–Crippen LogP) is 12.7. The molecule has 3 aromatic heterocycles. The molecule has 0 unspecified atom stereocenters. The van der Waals surface area contributed by atoms with E-state index in [9.17, 15) is 5.26 Å². The molecule has 0 bridgehead atoms. The van der Waals surface area contributed by atoms with E-state index in [1.54, 1.807) is 0 Å². The van der Waals surface area contributed by atoms with Crippen LogP contribution in [0, 0.1) is 11.3 Å². The molecule has 10 aromatic rings. The lowest BCUT2D eigenvalue weighted by Crippen LogP contribution is -1.98. The van der Waals surface area contributed by atoms with Gasteiger partial charge < -0.3 is 4.57 Å². The first-order chi connectivity index (χ1) is 23.2. The van der Waals surface area contributed by atoms with Crippen molar-refractivity contribution in [1.29, 1.82) is 5.26 Å². The Kier molecular flexibility index (Phi) is 5.71. The van der Waals surface area contributed by atoms with E-state index in [0.717, 1.165) is 27.8 Å². The van der Waals surface area contributed by atoms with Crippen LogP contribution in [-0.2, 0) is 0 Å². The van der Waals surface area contributed by atoms with Crippen LogP contribution < -0.4 is 0 Å². The number of para-hydroxylation sites is 2. The average molecular weight is 633 g/mol. The summed E-state index contributed by atoms with van der Waals surface area (Å²) >= 11 is 3.73. The number of fused-ring (bicyclic) bond motifs is 9. The highest BCUT2D eigenvalue weighted by atomic mass is 32.1. The molecule has 0 aliphatic carbocycles. The second-order valence-electron chi connectivity index (χ2n) is 12.0. The van der Waals surface area contributed by atoms with Crippen molar-refractivity contribution in [3.05, 3.63) is 151 Å². The molecule has 0 aliphatic rings. The Labute approximate surface area is 278 Å². The number of thiophene rings is 2. The van der Waals surface area contributed by atoms with Crippen molar-refractivity contribution in [3.8, 4) is 34.0 Å². The SMILES string of the molecule is N#Cc1ccc(-c2ccc3sc4cc5sc6ccc(-c7ccccc7)cc6c5cc4c3c2)c(-n2c3ccccc3c3ccccc32)c1. The van der Waals surface area contributed by atoms with Gasteiger partial charge in [0.1, 0.15) is 0 Å². The zero-order valence-corrected chi connectivity index (χ0v) is 26.7. The Morgan fingerprint density at radius 1 is 0.426 bits per heavy atom. The summed E-state index contributed by atoms with van der Waals surface area (Å²) in [6, 6.07) is 54.7. The number of hydrogen-bond donors (Lipinski definition) is 0. The third-order valence-electron chi connectivity index (χ3n) is 9.43. The molecule has 7 aromatic carbocycles. The van der Waals surface area contributed by atoms with Crippen molar-refractivity contribution >= 4 is 84.8 Å². The molecular formula is C43H24N2S2. The van der Waals surface area contributed by atoms with Crippen LogP contribution >= 0.6 is 22.7 Å². The Morgan fingerprint density at radius 3 is 1.66 bits per heavy atom. The van der Waals surface area contributed by atoms with E-state index < -0.39 is 0 Å². The Hall–Kier alpha value is -5.73. The van der Waals surface area contributed by atoms with Gasteiger partial charge >= 0.3 is 0 Å². The number of hydrogen-bond acceptors (Lipinski definition) is 3. The third-order valence-corrected chi connectivity index (χ3v) is 11.7. The minimum atomic E-state index is 0.647. The molecule has 4 heteroatoms. The summed E-state index contributed by atoms with van der Waals surface area (Å²) in [5.41, 5.74) is 8.65. The van der Waals surface area contributed by atoms with Gasteiger partial charge in [-0.3, -0.25) is 0 Å². The van der Waals surface area contributed by atoms with Crippen molar-refractivity contribution in [1.82, 2.24) is 4.57 Å². The average Bonchev–Trinajstić information content (AvgIpc) is 3.79. The summed E-state index contributed by atoms with van der Waals surface area (Å²) in [4.78, 5) is 0. The molecule has 0 fully saturated rings. The molecule has 10 rings (SSSR count). The summed E-state index contributed by atoms with van der Waals surface area (Å²) in [5.74, 6) is 0. The number of aromatic nitrogens is 1. The van der Waals surface area contributed by atoms with Gasteiger partial charge in [-0.2, -0.15) is 5.26 Å². The van der Waals surface area contributed by atoms with E-state index in [4.69, 9.17) is 0 Å². The monoisotopic (exact) mass is 632 g/mol. The van der Waals surface area contributed by atoms with E-state index in [1.165, 1.54) is 62.2 Å². The molecule has 0 amide bonds. The summed E-state index contributed by atoms with van der Waals surface area (Å²) in [6.07, 6.45) is 0. The number of nitriles is 1. The van der Waals surface area contributed by atoms with Crippen LogP contribution in [0.15, 0.2) is 146 Å². The van der Waals surface area contributed by atoms with Gasteiger partial charge in [0.2, 0.25) is 0 Å². The lowest BCUT2D eigenvalue weighted by molar-refractivity contribution is 1.18. The highest BCUT2D eigenvalue weighted by molar-refractivity contribution is 7.28. The first-order valence-corrected chi connectivity index (χ1v) is 17.3. The normalized spacial score (nSPS) is 11.8. The van der Waals surface area contributed by atoms with Gasteiger partial charge in [-0.25, -0.2) is 0 Å². The van der Waals surface area contributed by atoms with Gasteiger partial charge in [0.25, 0.3) is 0 Å². The van der Waals surface area contributed by atoms with Gasteiger partial charge in [0, 0.05) is 56.7 Å². The molecule has 0 atom stereocenters. The Balaban J connectivity index is 1.20. The van der Waals surface area contributed by atoms with Crippen molar-refractivity contribution in [2.45, 2.75) is 0 Å². The summed E-state index contributed by atoms with van der Waals surface area (Å²) in [5, 5.41) is 17.5. The number of nitrogens with zero attached hydrogens (tertiary/aromatic N) is 2. The number of rotatable bonds is 3. The maximum atomic E-state index is 9.95. The van der Waals surface area contributed by atoms with Crippen LogP contribution in [0.25, 0.3) is 90.1 Å². The van der Waals surface area contributed by atoms with E-state index in [-0.39, 0.29) is 0 Å². The topological polar surface area (TPSA) is 28.7 Å². The molecule has 218 valence electrons. The van der Waals surface area contributed by atoms with Gasteiger partial charge in [0.15, 0.2) is 0 Å². The molecule has 0 aliphatic heterocycles. The van der Waals surface area contributed by atoms with Crippen LogP contribution in [0.1, 0.15) is 5.56 Å². The first-order valence-electron chi connectivity index (χ1n) is 15.6. The van der Waals surface area contributed by atoms with Crippen LogP contribution in [0.5, 0.6) is 0 Å². The molecule has 47 heavy (non-hydrogen) atoms. The maximum Gasteiger partial charge on any atom is 0.0992 e. The van der Waals surface area contributed by atoms with Gasteiger partial charge in [-0.1, -0.05) is 84.9 Å². The number of benzene rings is 7. The fraction of sp³-hybridized carbons (Fsp3) is 0. The van der Waals surface area contributed by atoms with E-state index in [1.807, 2.05) is 34.8 Å². The summed E-state index contributed by atoms with van der Waals surface area (Å²) in [6.45, 7) is 0. The molecule has 2 nitrogen and oxygen atoms in total. The van der Waals surface area contributed by atoms with Crippen molar-refractivity contribution < 1.29 is 0 Å². The fourth-order valence-electron chi connectivity index (χ4n) is 7.24. The Bertz CT molecular complexity index is 2860. The van der Waals surface area contributed by atoms with Crippen LogP contribution in [0.4, 0.5) is 0 Å². The predicted molar refractivity (Wildman–Crippen MR) is 202 cm³/mol. The summed E-state index contributed by atoms with van der Waals surface area (Å²) < 4.78 is 7.55. The minimum Gasteiger partial charge on any atom is -0.309 e. The largest absolute Gasteiger partial charge is 0.309 e. The highest BCUT2D eigenvalue weighted by Crippen LogP contribution is 2.44. The van der Waals surface area contributed by atoms with E-state index in [2.05, 4.69) is 144 Å². The molecule has 0 radical (unpaired) electrons. The zero-order valence-electron chi connectivity index (χ0n) is 25.1. The zero-order chi connectivity index (χ0) is 31.1. The van der Waals surface area contributed by atoms with Crippen molar-refractivity contribution in [2.24, 2.45) is 0 Å². The quantitative estimate of drug-likeness (QED) is 0.190. The molecule has 0 N–H and O–H groups in total. The third kappa shape index (κ3) is 4.01. The molecule has 3 heterocycles. The van der Waals surface area contributed by atoms with E-state index in [0.29, 0.717) is 5.56 Å². The molecular weight excluding hydrogens is 609 g/mol. The van der Waals surface area contributed by atoms with Crippen molar-refractivity contribution in [3.63, 3.8) is 0 Å². The fourth-order valence-corrected chi connectivity index (χ4v) is 9.53. The second-order valence-corrected chi connectivity index (χ2v) is 14.2. The summed E-state index contributed by atoms with van der Waals surface area (Å²) in [7, 11) is 0. The standard InChI is InChI=1S/C43H24N2S2/c44-25-26-14-17-30(39(20-26)45-37-12-6-4-10-31(37)32-11-5-7-13-38(32)45)29-16-19-41-34(22-29)36-23-35-33-21-28(27-8-2-1-3-9-27)15-18-40(33)46-42(35)24-43(36)47-41/h1-24H. The molecule has 0 spiro atoms. The Morgan fingerprint density at radius 2 is 1.00 bits per heavy atom. The van der Waals surface area contributed by atoms with Gasteiger partial charge in [-0.15, -0.1) is 22.7 Å². The van der Waals surface area contributed by atoms with Gasteiger partial charge in [-0.05, 0) is 77.4 Å². The lowest BCUT2D eigenvalue weighted by Gasteiger charge is -2.15. The smallest absolute Gasteiger partial charge is 0.0992 e. The van der Waals surface area contributed by atoms with E-state index >= 15 is 0 Å². The maximum absolute atomic E-state index is 9.95. The first kappa shape index (κ1) is 26.5. The van der Waals surface area contributed by atoms with Crippen LogP contribution in [-0.4, -0.2) is 4.57 Å². The van der Waals surface area contributed by atoms with Crippen molar-refractivity contribution in [2.75, 3.05) is 0 Å². The lowest BCUT2D eigenvalue weighted by atomic mass is 9.98. The van der Waals surface area contributed by atoms with Crippen LogP contribution in [0.3, 0.4) is 0 Å². The van der Waals surface area contributed by atoms with Crippen LogP contribution in [0.2, 0.25) is 0 Å². The van der Waals surface area contributed by atoms with Gasteiger partial charge in [0.05, 0.1) is 28.4 Å². The molecule has 0 saturated heterocycles.